The van der Waals surface area contributed by atoms with Crippen LogP contribution in [0.1, 0.15) is 21.6 Å². The molecule has 25 heavy (non-hydrogen) atoms. The number of rotatable bonds is 3. The zero-order valence-electron chi connectivity index (χ0n) is 13.5. The normalized spacial score (nSPS) is 10.5. The maximum Gasteiger partial charge on any atom is 0.271 e. The third-order valence-electron chi connectivity index (χ3n) is 3.73. The number of carbonyl (C=O) groups is 2. The molecule has 0 spiro atoms. The number of hydrogen-bond donors (Lipinski definition) is 2. The molecule has 0 atom stereocenters. The van der Waals surface area contributed by atoms with Gasteiger partial charge in [0, 0.05) is 5.39 Å². The average Bonchev–Trinajstić information content (AvgIpc) is 2.60. The van der Waals surface area contributed by atoms with Gasteiger partial charge in [0.05, 0.1) is 23.2 Å². The number of halogens is 1. The smallest absolute Gasteiger partial charge is 0.271 e. The van der Waals surface area contributed by atoms with Gasteiger partial charge in [-0.1, -0.05) is 30.3 Å². The van der Waals surface area contributed by atoms with E-state index in [-0.39, 0.29) is 17.9 Å². The molecule has 1 aromatic heterocycles. The van der Waals surface area contributed by atoms with Crippen molar-refractivity contribution in [2.75, 3.05) is 0 Å². The zero-order chi connectivity index (χ0) is 17.8. The molecule has 2 N–H and O–H groups in total. The molecule has 0 aliphatic carbocycles. The Balaban J connectivity index is 1.69. The van der Waals surface area contributed by atoms with E-state index in [2.05, 4.69) is 15.8 Å². The largest absolute Gasteiger partial charge is 0.273 e. The first-order valence-electron chi connectivity index (χ1n) is 7.73. The predicted octanol–water partition coefficient (Wildman–Crippen LogP) is 2.69. The van der Waals surface area contributed by atoms with E-state index < -0.39 is 11.7 Å². The van der Waals surface area contributed by atoms with E-state index in [0.29, 0.717) is 16.6 Å². The number of aryl methyl sites for hydroxylation is 1. The minimum Gasteiger partial charge on any atom is -0.273 e. The molecule has 0 bridgehead atoms. The fourth-order valence-corrected chi connectivity index (χ4v) is 2.49. The quantitative estimate of drug-likeness (QED) is 0.722. The van der Waals surface area contributed by atoms with Gasteiger partial charge in [0.1, 0.15) is 5.82 Å². The number of hydrazine groups is 1. The van der Waals surface area contributed by atoms with E-state index in [1.165, 1.54) is 12.1 Å². The summed E-state index contributed by atoms with van der Waals surface area (Å²) >= 11 is 0. The van der Waals surface area contributed by atoms with Crippen LogP contribution in [0.5, 0.6) is 0 Å². The molecule has 2 aromatic carbocycles. The third kappa shape index (κ3) is 3.98. The van der Waals surface area contributed by atoms with E-state index in [4.69, 9.17) is 0 Å². The number of carbonyl (C=O) groups excluding carboxylic acids is 2. The lowest BCUT2D eigenvalue weighted by Gasteiger charge is -2.10. The summed E-state index contributed by atoms with van der Waals surface area (Å²) in [5.41, 5.74) is 6.95. The summed E-state index contributed by atoms with van der Waals surface area (Å²) < 4.78 is 13.3. The molecule has 5 nitrogen and oxygen atoms in total. The number of amides is 2. The molecular weight excluding hydrogens is 321 g/mol. The number of fused-ring (bicyclic) bond motifs is 1. The summed E-state index contributed by atoms with van der Waals surface area (Å²) in [5.74, 6) is -1.24. The SMILES string of the molecule is Cc1nc2ccc(F)cc2cc1C(=O)NNC(=O)Cc1ccccc1. The Kier molecular flexibility index (Phi) is 4.70. The highest BCUT2D eigenvalue weighted by Gasteiger charge is 2.13. The van der Waals surface area contributed by atoms with E-state index in [9.17, 15) is 14.0 Å². The molecule has 3 aromatic rings. The second-order valence-electron chi connectivity index (χ2n) is 5.62. The molecule has 126 valence electrons. The van der Waals surface area contributed by atoms with Crippen LogP contribution in [0.25, 0.3) is 10.9 Å². The Morgan fingerprint density at radius 2 is 1.80 bits per heavy atom. The monoisotopic (exact) mass is 337 g/mol. The molecule has 0 saturated carbocycles. The van der Waals surface area contributed by atoms with Crippen LogP contribution in [0, 0.1) is 12.7 Å². The van der Waals surface area contributed by atoms with Gasteiger partial charge in [-0.3, -0.25) is 25.4 Å². The number of aromatic nitrogens is 1. The van der Waals surface area contributed by atoms with Crippen molar-refractivity contribution in [2.45, 2.75) is 13.3 Å². The summed E-state index contributed by atoms with van der Waals surface area (Å²) in [4.78, 5) is 28.5. The lowest BCUT2D eigenvalue weighted by Crippen LogP contribution is -2.42. The van der Waals surface area contributed by atoms with Crippen LogP contribution in [0.3, 0.4) is 0 Å². The third-order valence-corrected chi connectivity index (χ3v) is 3.73. The number of hydrogen-bond acceptors (Lipinski definition) is 3. The van der Waals surface area contributed by atoms with Crippen molar-refractivity contribution < 1.29 is 14.0 Å². The number of nitrogens with zero attached hydrogens (tertiary/aromatic N) is 1. The highest BCUT2D eigenvalue weighted by atomic mass is 19.1. The van der Waals surface area contributed by atoms with Gasteiger partial charge in [-0.15, -0.1) is 0 Å². The van der Waals surface area contributed by atoms with Crippen LogP contribution >= 0.6 is 0 Å². The molecule has 3 rings (SSSR count). The molecule has 0 radical (unpaired) electrons. The summed E-state index contributed by atoms with van der Waals surface area (Å²) in [5, 5.41) is 0.520. The van der Waals surface area contributed by atoms with Gasteiger partial charge < -0.3 is 0 Å². The lowest BCUT2D eigenvalue weighted by atomic mass is 10.1. The Labute approximate surface area is 143 Å². The fourth-order valence-electron chi connectivity index (χ4n) is 2.49. The first kappa shape index (κ1) is 16.6. The second kappa shape index (κ2) is 7.09. The van der Waals surface area contributed by atoms with Gasteiger partial charge in [0.15, 0.2) is 0 Å². The summed E-state index contributed by atoms with van der Waals surface area (Å²) in [6.45, 7) is 1.68. The van der Waals surface area contributed by atoms with E-state index in [1.807, 2.05) is 30.3 Å². The standard InChI is InChI=1S/C19H16FN3O2/c1-12-16(11-14-10-15(20)7-8-17(14)21-12)19(25)23-22-18(24)9-13-5-3-2-4-6-13/h2-8,10-11H,9H2,1H3,(H,22,24)(H,23,25). The molecule has 1 heterocycles. The van der Waals surface area contributed by atoms with Crippen molar-refractivity contribution >= 4 is 22.7 Å². The fraction of sp³-hybridized carbons (Fsp3) is 0.105. The molecular formula is C19H16FN3O2. The van der Waals surface area contributed by atoms with Crippen molar-refractivity contribution in [1.82, 2.24) is 15.8 Å². The van der Waals surface area contributed by atoms with Crippen molar-refractivity contribution in [3.05, 3.63) is 77.2 Å². The van der Waals surface area contributed by atoms with Crippen LogP contribution in [0.15, 0.2) is 54.6 Å². The van der Waals surface area contributed by atoms with E-state index >= 15 is 0 Å². The van der Waals surface area contributed by atoms with Crippen LogP contribution < -0.4 is 10.9 Å². The van der Waals surface area contributed by atoms with Crippen LogP contribution in [0.4, 0.5) is 4.39 Å². The average molecular weight is 337 g/mol. The van der Waals surface area contributed by atoms with Gasteiger partial charge >= 0.3 is 0 Å². The van der Waals surface area contributed by atoms with Crippen molar-refractivity contribution in [3.63, 3.8) is 0 Å². The Bertz CT molecular complexity index is 942. The van der Waals surface area contributed by atoms with Crippen LogP contribution in [0.2, 0.25) is 0 Å². The van der Waals surface area contributed by atoms with Crippen molar-refractivity contribution in [1.29, 1.82) is 0 Å². The van der Waals surface area contributed by atoms with Gasteiger partial charge in [-0.05, 0) is 36.8 Å². The molecule has 0 aliphatic rings. The first-order valence-corrected chi connectivity index (χ1v) is 7.73. The van der Waals surface area contributed by atoms with Crippen LogP contribution in [-0.4, -0.2) is 16.8 Å². The van der Waals surface area contributed by atoms with Gasteiger partial charge in [0.2, 0.25) is 5.91 Å². The highest BCUT2D eigenvalue weighted by molar-refractivity contribution is 5.99. The van der Waals surface area contributed by atoms with Gasteiger partial charge in [-0.25, -0.2) is 4.39 Å². The molecule has 0 aliphatic heterocycles. The zero-order valence-corrected chi connectivity index (χ0v) is 13.5. The Hall–Kier alpha value is -3.28. The predicted molar refractivity (Wildman–Crippen MR) is 92.2 cm³/mol. The number of nitrogens with one attached hydrogen (secondary N) is 2. The Morgan fingerprint density at radius 1 is 1.04 bits per heavy atom. The van der Waals surface area contributed by atoms with Crippen molar-refractivity contribution in [2.24, 2.45) is 0 Å². The topological polar surface area (TPSA) is 71.1 Å². The Morgan fingerprint density at radius 3 is 2.56 bits per heavy atom. The summed E-state index contributed by atoms with van der Waals surface area (Å²) in [7, 11) is 0. The maximum absolute atomic E-state index is 13.3. The molecule has 6 heteroatoms. The second-order valence-corrected chi connectivity index (χ2v) is 5.62. The lowest BCUT2D eigenvalue weighted by molar-refractivity contribution is -0.121. The maximum atomic E-state index is 13.3. The minimum absolute atomic E-state index is 0.154. The number of pyridine rings is 1. The minimum atomic E-state index is -0.502. The molecule has 0 saturated heterocycles. The van der Waals surface area contributed by atoms with Gasteiger partial charge in [-0.2, -0.15) is 0 Å². The first-order chi connectivity index (χ1) is 12.0. The van der Waals surface area contributed by atoms with E-state index in [1.54, 1.807) is 19.1 Å². The summed E-state index contributed by atoms with van der Waals surface area (Å²) in [6.07, 6.45) is 0.154. The molecule has 0 unspecified atom stereocenters. The van der Waals surface area contributed by atoms with Crippen molar-refractivity contribution in [3.8, 4) is 0 Å². The summed E-state index contributed by atoms with van der Waals surface area (Å²) in [6, 6.07) is 14.9. The molecule has 2 amide bonds. The molecule has 0 fully saturated rings. The number of benzene rings is 2. The van der Waals surface area contributed by atoms with Gasteiger partial charge in [0.25, 0.3) is 5.91 Å². The van der Waals surface area contributed by atoms with E-state index in [0.717, 1.165) is 5.56 Å². The van der Waals surface area contributed by atoms with Crippen LogP contribution in [-0.2, 0) is 11.2 Å². The highest BCUT2D eigenvalue weighted by Crippen LogP contribution is 2.17.